The van der Waals surface area contributed by atoms with E-state index < -0.39 is 10.1 Å². The van der Waals surface area contributed by atoms with E-state index in [-0.39, 0.29) is 27.4 Å². The van der Waals surface area contributed by atoms with Gasteiger partial charge in [-0.2, -0.15) is 13.5 Å². The van der Waals surface area contributed by atoms with Gasteiger partial charge in [0.25, 0.3) is 10.1 Å². The van der Waals surface area contributed by atoms with Crippen molar-refractivity contribution in [2.24, 2.45) is 10.2 Å². The minimum absolute atomic E-state index is 0.0128. The lowest BCUT2D eigenvalue weighted by Gasteiger charge is -2.11. The fourth-order valence-electron chi connectivity index (χ4n) is 2.53. The van der Waals surface area contributed by atoms with Crippen molar-refractivity contribution in [2.75, 3.05) is 5.73 Å². The molecule has 0 saturated carbocycles. The minimum atomic E-state index is -4.40. The number of aryl methyl sites for hydroxylation is 1. The van der Waals surface area contributed by atoms with Crippen LogP contribution < -0.4 is 5.73 Å². The van der Waals surface area contributed by atoms with Crippen LogP contribution in [0.5, 0.6) is 5.75 Å². The zero-order valence-electron chi connectivity index (χ0n) is 13.2. The van der Waals surface area contributed by atoms with E-state index in [0.29, 0.717) is 16.6 Å². The third-order valence-corrected chi connectivity index (χ3v) is 4.53. The quantitative estimate of drug-likeness (QED) is 0.370. The standard InChI is InChI=1S/C17H15N3O4S/c1-10-7-11-8-13(25(22,23)24)9-14(18)15(11)17(21)16(10)20-19-12-5-3-2-4-6-12/h2-9,21H,18H2,1H3,(H,22,23,24)/b20-19+. The third-order valence-electron chi connectivity index (χ3n) is 3.70. The van der Waals surface area contributed by atoms with Gasteiger partial charge in [0.05, 0.1) is 10.6 Å². The summed E-state index contributed by atoms with van der Waals surface area (Å²) >= 11 is 0. The summed E-state index contributed by atoms with van der Waals surface area (Å²) in [7, 11) is -4.40. The Bertz CT molecular complexity index is 1090. The number of phenolic OH excluding ortho intramolecular Hbond substituents is 1. The summed E-state index contributed by atoms with van der Waals surface area (Å²) in [6.45, 7) is 1.70. The van der Waals surface area contributed by atoms with Gasteiger partial charge in [-0.05, 0) is 48.2 Å². The number of aromatic hydroxyl groups is 1. The number of nitrogens with two attached hydrogens (primary N) is 1. The average Bonchev–Trinajstić information content (AvgIpc) is 2.54. The number of rotatable bonds is 3. The molecule has 128 valence electrons. The monoisotopic (exact) mass is 357 g/mol. The third kappa shape index (κ3) is 3.30. The van der Waals surface area contributed by atoms with E-state index in [1.54, 1.807) is 25.1 Å². The van der Waals surface area contributed by atoms with E-state index in [2.05, 4.69) is 10.2 Å². The van der Waals surface area contributed by atoms with Gasteiger partial charge in [0.1, 0.15) is 5.69 Å². The number of hydrogen-bond donors (Lipinski definition) is 3. The van der Waals surface area contributed by atoms with Crippen molar-refractivity contribution in [3.05, 3.63) is 54.1 Å². The Labute approximate surface area is 144 Å². The number of benzene rings is 3. The van der Waals surface area contributed by atoms with Gasteiger partial charge in [0.15, 0.2) is 5.75 Å². The SMILES string of the molecule is Cc1cc2cc(S(=O)(=O)O)cc(N)c2c(O)c1/N=N/c1ccccc1. The highest BCUT2D eigenvalue weighted by molar-refractivity contribution is 7.85. The Morgan fingerprint density at radius 3 is 2.36 bits per heavy atom. The maximum atomic E-state index is 11.3. The van der Waals surface area contributed by atoms with Crippen LogP contribution in [0.3, 0.4) is 0 Å². The fraction of sp³-hybridized carbons (Fsp3) is 0.0588. The lowest BCUT2D eigenvalue weighted by Crippen LogP contribution is -2.00. The molecule has 0 aliphatic heterocycles. The first kappa shape index (κ1) is 16.9. The Morgan fingerprint density at radius 1 is 1.04 bits per heavy atom. The van der Waals surface area contributed by atoms with Crippen LogP contribution in [0.15, 0.2) is 63.7 Å². The molecule has 0 unspecified atom stereocenters. The van der Waals surface area contributed by atoms with Gasteiger partial charge in [0.2, 0.25) is 0 Å². The van der Waals surface area contributed by atoms with Crippen molar-refractivity contribution in [3.63, 3.8) is 0 Å². The average molecular weight is 357 g/mol. The molecule has 3 aromatic rings. The predicted molar refractivity (Wildman–Crippen MR) is 95.2 cm³/mol. The zero-order chi connectivity index (χ0) is 18.2. The molecule has 7 nitrogen and oxygen atoms in total. The van der Waals surface area contributed by atoms with Gasteiger partial charge in [0, 0.05) is 11.1 Å². The van der Waals surface area contributed by atoms with Crippen LogP contribution >= 0.6 is 0 Å². The van der Waals surface area contributed by atoms with Crippen LogP contribution in [-0.2, 0) is 10.1 Å². The largest absolute Gasteiger partial charge is 0.505 e. The Morgan fingerprint density at radius 2 is 1.72 bits per heavy atom. The van der Waals surface area contributed by atoms with Gasteiger partial charge in [-0.1, -0.05) is 18.2 Å². The summed E-state index contributed by atoms with van der Waals surface area (Å²) in [6.07, 6.45) is 0. The molecule has 25 heavy (non-hydrogen) atoms. The van der Waals surface area contributed by atoms with E-state index in [0.717, 1.165) is 6.07 Å². The van der Waals surface area contributed by atoms with Gasteiger partial charge >= 0.3 is 0 Å². The molecule has 0 spiro atoms. The maximum absolute atomic E-state index is 11.3. The first-order chi connectivity index (χ1) is 11.8. The van der Waals surface area contributed by atoms with Crippen LogP contribution in [-0.4, -0.2) is 18.1 Å². The summed E-state index contributed by atoms with van der Waals surface area (Å²) in [4.78, 5) is -0.338. The molecular weight excluding hydrogens is 342 g/mol. The molecule has 0 aromatic heterocycles. The first-order valence-electron chi connectivity index (χ1n) is 7.27. The number of azo groups is 1. The van der Waals surface area contributed by atoms with Gasteiger partial charge in [-0.3, -0.25) is 4.55 Å². The van der Waals surface area contributed by atoms with Crippen LogP contribution in [0.25, 0.3) is 10.8 Å². The summed E-state index contributed by atoms with van der Waals surface area (Å²) < 4.78 is 31.9. The topological polar surface area (TPSA) is 125 Å². The summed E-state index contributed by atoms with van der Waals surface area (Å²) in [5, 5.41) is 19.3. The molecule has 0 aliphatic carbocycles. The second-order valence-corrected chi connectivity index (χ2v) is 6.93. The molecule has 3 rings (SSSR count). The van der Waals surface area contributed by atoms with Crippen molar-refractivity contribution in [2.45, 2.75) is 11.8 Å². The second kappa shape index (κ2) is 6.15. The predicted octanol–water partition coefficient (Wildman–Crippen LogP) is 4.10. The zero-order valence-corrected chi connectivity index (χ0v) is 14.0. The molecule has 4 N–H and O–H groups in total. The van der Waals surface area contributed by atoms with Crippen LogP contribution in [0.1, 0.15) is 5.56 Å². The highest BCUT2D eigenvalue weighted by Crippen LogP contribution is 2.42. The molecule has 0 radical (unpaired) electrons. The van der Waals surface area contributed by atoms with Crippen LogP contribution in [0.4, 0.5) is 17.1 Å². The van der Waals surface area contributed by atoms with E-state index >= 15 is 0 Å². The Balaban J connectivity index is 2.19. The normalized spacial score (nSPS) is 12.1. The van der Waals surface area contributed by atoms with Crippen molar-refractivity contribution < 1.29 is 18.1 Å². The maximum Gasteiger partial charge on any atom is 0.294 e. The van der Waals surface area contributed by atoms with Crippen molar-refractivity contribution in [1.29, 1.82) is 0 Å². The van der Waals surface area contributed by atoms with Crippen molar-refractivity contribution >= 4 is 38.0 Å². The van der Waals surface area contributed by atoms with Crippen LogP contribution in [0.2, 0.25) is 0 Å². The highest BCUT2D eigenvalue weighted by atomic mass is 32.2. The smallest absolute Gasteiger partial charge is 0.294 e. The lowest BCUT2D eigenvalue weighted by atomic mass is 10.0. The molecular formula is C17H15N3O4S. The van der Waals surface area contributed by atoms with Crippen molar-refractivity contribution in [1.82, 2.24) is 0 Å². The van der Waals surface area contributed by atoms with E-state index in [4.69, 9.17) is 5.73 Å². The number of nitrogen functional groups attached to an aromatic ring is 1. The first-order valence-corrected chi connectivity index (χ1v) is 8.71. The lowest BCUT2D eigenvalue weighted by molar-refractivity contribution is 0.480. The minimum Gasteiger partial charge on any atom is -0.505 e. The Hall–Kier alpha value is -2.97. The molecule has 0 saturated heterocycles. The van der Waals surface area contributed by atoms with E-state index in [1.165, 1.54) is 6.07 Å². The Kier molecular flexibility index (Phi) is 4.15. The number of nitrogens with zero attached hydrogens (tertiary/aromatic N) is 2. The number of anilines is 1. The molecule has 0 aliphatic rings. The molecule has 0 atom stereocenters. The summed E-state index contributed by atoms with van der Waals surface area (Å²) in [5.41, 5.74) is 7.33. The second-order valence-electron chi connectivity index (χ2n) is 5.51. The molecule has 0 amide bonds. The van der Waals surface area contributed by atoms with Gasteiger partial charge in [-0.15, -0.1) is 5.11 Å². The highest BCUT2D eigenvalue weighted by Gasteiger charge is 2.17. The molecule has 0 bridgehead atoms. The summed E-state index contributed by atoms with van der Waals surface area (Å²) in [5.74, 6) is -0.200. The number of phenols is 1. The van der Waals surface area contributed by atoms with Gasteiger partial charge in [-0.25, -0.2) is 0 Å². The van der Waals surface area contributed by atoms with E-state index in [1.807, 2.05) is 18.2 Å². The summed E-state index contributed by atoms with van der Waals surface area (Å²) in [6, 6.07) is 13.0. The van der Waals surface area contributed by atoms with Crippen molar-refractivity contribution in [3.8, 4) is 5.75 Å². The molecule has 0 heterocycles. The number of hydrogen-bond acceptors (Lipinski definition) is 6. The molecule has 8 heteroatoms. The fourth-order valence-corrected chi connectivity index (χ4v) is 3.08. The van der Waals surface area contributed by atoms with Crippen LogP contribution in [0, 0.1) is 6.92 Å². The molecule has 3 aromatic carbocycles. The van der Waals surface area contributed by atoms with E-state index in [9.17, 15) is 18.1 Å². The molecule has 0 fully saturated rings. The number of fused-ring (bicyclic) bond motifs is 1. The van der Waals surface area contributed by atoms with Gasteiger partial charge < -0.3 is 10.8 Å².